The number of sulfonamides is 1. The van der Waals surface area contributed by atoms with Crippen molar-refractivity contribution in [3.05, 3.63) is 35.1 Å². The standard InChI is InChI=1S/C11H11FN2O4S/c1-14(6-11(15)16)19(17,18)7-8-2-3-10(12)4-9(8)5-13/h2-4H,6-7H2,1H3,(H,15,16). The molecule has 0 heterocycles. The fourth-order valence-electron chi connectivity index (χ4n) is 1.37. The monoisotopic (exact) mass is 286 g/mol. The van der Waals surface area contributed by atoms with Gasteiger partial charge in [0.15, 0.2) is 0 Å². The molecule has 0 aromatic heterocycles. The van der Waals surface area contributed by atoms with E-state index in [2.05, 4.69) is 0 Å². The van der Waals surface area contributed by atoms with Gasteiger partial charge in [-0.05, 0) is 17.7 Å². The molecule has 0 unspecified atom stereocenters. The summed E-state index contributed by atoms with van der Waals surface area (Å²) >= 11 is 0. The fraction of sp³-hybridized carbons (Fsp3) is 0.273. The van der Waals surface area contributed by atoms with Gasteiger partial charge in [-0.3, -0.25) is 4.79 Å². The minimum absolute atomic E-state index is 0.0905. The van der Waals surface area contributed by atoms with Crippen LogP contribution in [0.1, 0.15) is 11.1 Å². The quantitative estimate of drug-likeness (QED) is 0.852. The molecule has 19 heavy (non-hydrogen) atoms. The number of nitrogens with zero attached hydrogens (tertiary/aromatic N) is 2. The Morgan fingerprint density at radius 2 is 2.16 bits per heavy atom. The smallest absolute Gasteiger partial charge is 0.318 e. The van der Waals surface area contributed by atoms with E-state index in [1.807, 2.05) is 0 Å². The van der Waals surface area contributed by atoms with Gasteiger partial charge in [0.1, 0.15) is 12.4 Å². The van der Waals surface area contributed by atoms with Crippen molar-refractivity contribution in [3.63, 3.8) is 0 Å². The maximum absolute atomic E-state index is 12.9. The van der Waals surface area contributed by atoms with Crippen LogP contribution in [0, 0.1) is 17.1 Å². The van der Waals surface area contributed by atoms with E-state index in [1.54, 1.807) is 6.07 Å². The lowest BCUT2D eigenvalue weighted by Crippen LogP contribution is -2.33. The maximum atomic E-state index is 12.9. The molecule has 0 radical (unpaired) electrons. The van der Waals surface area contributed by atoms with Crippen molar-refractivity contribution >= 4 is 16.0 Å². The summed E-state index contributed by atoms with van der Waals surface area (Å²) < 4.78 is 37.3. The Morgan fingerprint density at radius 3 is 2.68 bits per heavy atom. The van der Waals surface area contributed by atoms with E-state index in [0.29, 0.717) is 4.31 Å². The molecule has 1 N–H and O–H groups in total. The Hall–Kier alpha value is -1.98. The second kappa shape index (κ2) is 5.77. The van der Waals surface area contributed by atoms with Crippen LogP contribution in [0.25, 0.3) is 0 Å². The van der Waals surface area contributed by atoms with E-state index in [0.717, 1.165) is 19.2 Å². The first-order valence-corrected chi connectivity index (χ1v) is 6.71. The molecule has 0 saturated carbocycles. The first kappa shape index (κ1) is 15.1. The van der Waals surface area contributed by atoms with Crippen LogP contribution >= 0.6 is 0 Å². The molecule has 8 heteroatoms. The number of carbonyl (C=O) groups is 1. The van der Waals surface area contributed by atoms with Crippen molar-refractivity contribution in [3.8, 4) is 6.07 Å². The first-order valence-electron chi connectivity index (χ1n) is 5.10. The average molecular weight is 286 g/mol. The van der Waals surface area contributed by atoms with Crippen LogP contribution in [0.3, 0.4) is 0 Å². The predicted molar refractivity (Wildman–Crippen MR) is 64.0 cm³/mol. The summed E-state index contributed by atoms with van der Waals surface area (Å²) in [5.41, 5.74) is 0.0356. The molecule has 6 nitrogen and oxygen atoms in total. The molecular formula is C11H11FN2O4S. The van der Waals surface area contributed by atoms with E-state index in [1.165, 1.54) is 6.07 Å². The van der Waals surface area contributed by atoms with Crippen LogP contribution in [-0.2, 0) is 20.6 Å². The third kappa shape index (κ3) is 4.01. The number of hydrogen-bond acceptors (Lipinski definition) is 4. The fourth-order valence-corrected chi connectivity index (χ4v) is 2.55. The highest BCUT2D eigenvalue weighted by Crippen LogP contribution is 2.15. The highest BCUT2D eigenvalue weighted by atomic mass is 32.2. The van der Waals surface area contributed by atoms with Gasteiger partial charge in [0.25, 0.3) is 0 Å². The Kier molecular flexibility index (Phi) is 4.58. The lowest BCUT2D eigenvalue weighted by atomic mass is 10.1. The van der Waals surface area contributed by atoms with Gasteiger partial charge in [-0.25, -0.2) is 12.8 Å². The molecule has 1 aromatic rings. The highest BCUT2D eigenvalue weighted by molar-refractivity contribution is 7.88. The third-order valence-electron chi connectivity index (χ3n) is 2.36. The van der Waals surface area contributed by atoms with Crippen LogP contribution in [0.4, 0.5) is 4.39 Å². The number of carboxylic acid groups (broad SMARTS) is 1. The van der Waals surface area contributed by atoms with Crippen molar-refractivity contribution in [1.29, 1.82) is 5.26 Å². The number of aliphatic carboxylic acids is 1. The number of rotatable bonds is 5. The zero-order valence-electron chi connectivity index (χ0n) is 10.00. The Morgan fingerprint density at radius 1 is 1.53 bits per heavy atom. The summed E-state index contributed by atoms with van der Waals surface area (Å²) in [6, 6.07) is 4.87. The number of halogens is 1. The summed E-state index contributed by atoms with van der Waals surface area (Å²) in [6.07, 6.45) is 0. The predicted octanol–water partition coefficient (Wildman–Crippen LogP) is 0.544. The summed E-state index contributed by atoms with van der Waals surface area (Å²) in [5.74, 6) is -2.48. The van der Waals surface area contributed by atoms with Crippen molar-refractivity contribution in [2.24, 2.45) is 0 Å². The lowest BCUT2D eigenvalue weighted by molar-refractivity contribution is -0.137. The minimum Gasteiger partial charge on any atom is -0.480 e. The van der Waals surface area contributed by atoms with Gasteiger partial charge in [0, 0.05) is 7.05 Å². The first-order chi connectivity index (χ1) is 8.76. The normalized spacial score (nSPS) is 11.3. The molecule has 0 fully saturated rings. The van der Waals surface area contributed by atoms with Gasteiger partial charge in [-0.15, -0.1) is 0 Å². The molecule has 1 aromatic carbocycles. The van der Waals surface area contributed by atoms with Gasteiger partial charge in [-0.2, -0.15) is 9.57 Å². The maximum Gasteiger partial charge on any atom is 0.318 e. The topological polar surface area (TPSA) is 98.5 Å². The summed E-state index contributed by atoms with van der Waals surface area (Å²) in [7, 11) is -2.75. The van der Waals surface area contributed by atoms with E-state index in [4.69, 9.17) is 10.4 Å². The summed E-state index contributed by atoms with van der Waals surface area (Å²) in [6.45, 7) is -0.675. The van der Waals surface area contributed by atoms with E-state index in [9.17, 15) is 17.6 Å². The van der Waals surface area contributed by atoms with E-state index < -0.39 is 34.1 Å². The van der Waals surface area contributed by atoms with Gasteiger partial charge >= 0.3 is 5.97 Å². The van der Waals surface area contributed by atoms with Crippen molar-refractivity contribution < 1.29 is 22.7 Å². The lowest BCUT2D eigenvalue weighted by Gasteiger charge is -2.15. The molecule has 0 spiro atoms. The highest BCUT2D eigenvalue weighted by Gasteiger charge is 2.22. The summed E-state index contributed by atoms with van der Waals surface area (Å²) in [4.78, 5) is 10.5. The third-order valence-corrected chi connectivity index (χ3v) is 4.12. The average Bonchev–Trinajstić information content (AvgIpc) is 2.30. The molecule has 1 rings (SSSR count). The second-order valence-corrected chi connectivity index (χ2v) is 5.90. The van der Waals surface area contributed by atoms with Crippen LogP contribution in [-0.4, -0.2) is 37.4 Å². The number of benzene rings is 1. The van der Waals surface area contributed by atoms with Crippen molar-refractivity contribution in [2.75, 3.05) is 13.6 Å². The molecule has 102 valence electrons. The van der Waals surface area contributed by atoms with E-state index >= 15 is 0 Å². The van der Waals surface area contributed by atoms with Crippen LogP contribution < -0.4 is 0 Å². The molecule has 0 bridgehead atoms. The molecular weight excluding hydrogens is 275 g/mol. The molecule has 0 saturated heterocycles. The van der Waals surface area contributed by atoms with Crippen LogP contribution in [0.15, 0.2) is 18.2 Å². The van der Waals surface area contributed by atoms with Crippen LogP contribution in [0.2, 0.25) is 0 Å². The van der Waals surface area contributed by atoms with Gasteiger partial charge < -0.3 is 5.11 Å². The van der Waals surface area contributed by atoms with Gasteiger partial charge in [0.2, 0.25) is 10.0 Å². The number of hydrogen-bond donors (Lipinski definition) is 1. The SMILES string of the molecule is CN(CC(=O)O)S(=O)(=O)Cc1ccc(F)cc1C#N. The molecule has 0 aliphatic rings. The van der Waals surface area contributed by atoms with E-state index in [-0.39, 0.29) is 11.1 Å². The number of carboxylic acids is 1. The number of nitriles is 1. The van der Waals surface area contributed by atoms with Gasteiger partial charge in [0.05, 0.1) is 17.4 Å². The van der Waals surface area contributed by atoms with Crippen LogP contribution in [0.5, 0.6) is 0 Å². The molecule has 0 aliphatic carbocycles. The van der Waals surface area contributed by atoms with Gasteiger partial charge in [-0.1, -0.05) is 6.07 Å². The van der Waals surface area contributed by atoms with Crippen molar-refractivity contribution in [1.82, 2.24) is 4.31 Å². The molecule has 0 amide bonds. The Bertz CT molecular complexity index is 637. The minimum atomic E-state index is -3.87. The van der Waals surface area contributed by atoms with Crippen molar-refractivity contribution in [2.45, 2.75) is 5.75 Å². The molecule has 0 aliphatic heterocycles. The largest absolute Gasteiger partial charge is 0.480 e. The number of likely N-dealkylation sites (N-methyl/N-ethyl adjacent to an activating group) is 1. The zero-order chi connectivity index (χ0) is 14.6. The second-order valence-electron chi connectivity index (χ2n) is 3.82. The molecule has 0 atom stereocenters. The Labute approximate surface area is 109 Å². The zero-order valence-corrected chi connectivity index (χ0v) is 10.8. The Balaban J connectivity index is 3.02. The summed E-state index contributed by atoms with van der Waals surface area (Å²) in [5, 5.41) is 17.3.